The van der Waals surface area contributed by atoms with Gasteiger partial charge in [0.25, 0.3) is 0 Å². The predicted octanol–water partition coefficient (Wildman–Crippen LogP) is 3.71. The van der Waals surface area contributed by atoms with Crippen LogP contribution in [0, 0.1) is 11.6 Å². The molecule has 1 aliphatic carbocycles. The van der Waals surface area contributed by atoms with Crippen molar-refractivity contribution in [1.82, 2.24) is 4.98 Å². The zero-order valence-electron chi connectivity index (χ0n) is 11.5. The topological polar surface area (TPSA) is 28.2 Å². The molecule has 3 nitrogen and oxygen atoms in total. The van der Waals surface area contributed by atoms with Crippen LogP contribution in [-0.4, -0.2) is 30.3 Å². The van der Waals surface area contributed by atoms with Crippen molar-refractivity contribution >= 4 is 11.6 Å². The molecule has 1 N–H and O–H groups in total. The molecular weight excluding hydrogens is 293 g/mol. The minimum absolute atomic E-state index is 0.221. The molecule has 1 aromatic heterocycles. The van der Waals surface area contributed by atoms with E-state index in [2.05, 4.69) is 10.3 Å². The molecule has 2 rings (SSSR count). The van der Waals surface area contributed by atoms with Gasteiger partial charge in [-0.2, -0.15) is 13.2 Å². The normalized spacial score (nSPS) is 15.1. The maximum absolute atomic E-state index is 13.8. The molecule has 0 saturated heterocycles. The van der Waals surface area contributed by atoms with E-state index in [1.54, 1.807) is 0 Å². The SMILES string of the molecule is CCCNc1nc(N(CC(F)(F)F)C2CC2)c(F)cc1F. The van der Waals surface area contributed by atoms with Crippen LogP contribution in [0.3, 0.4) is 0 Å². The van der Waals surface area contributed by atoms with E-state index in [4.69, 9.17) is 0 Å². The summed E-state index contributed by atoms with van der Waals surface area (Å²) in [6.07, 6.45) is -2.69. The van der Waals surface area contributed by atoms with Crippen LogP contribution in [0.5, 0.6) is 0 Å². The van der Waals surface area contributed by atoms with Crippen molar-refractivity contribution in [3.8, 4) is 0 Å². The highest BCUT2D eigenvalue weighted by Gasteiger charge is 2.40. The van der Waals surface area contributed by atoms with Gasteiger partial charge in [-0.3, -0.25) is 0 Å². The van der Waals surface area contributed by atoms with E-state index in [0.717, 1.165) is 4.90 Å². The fourth-order valence-corrected chi connectivity index (χ4v) is 1.98. The molecule has 0 bridgehead atoms. The second-order valence-electron chi connectivity index (χ2n) is 5.03. The number of anilines is 2. The van der Waals surface area contributed by atoms with E-state index < -0.39 is 36.2 Å². The number of aromatic nitrogens is 1. The van der Waals surface area contributed by atoms with Crippen LogP contribution in [-0.2, 0) is 0 Å². The largest absolute Gasteiger partial charge is 0.405 e. The van der Waals surface area contributed by atoms with Gasteiger partial charge >= 0.3 is 6.18 Å². The fourth-order valence-electron chi connectivity index (χ4n) is 1.98. The number of pyridine rings is 1. The first-order chi connectivity index (χ1) is 9.81. The summed E-state index contributed by atoms with van der Waals surface area (Å²) in [6.45, 7) is 0.952. The van der Waals surface area contributed by atoms with E-state index in [0.29, 0.717) is 31.9 Å². The van der Waals surface area contributed by atoms with Gasteiger partial charge in [-0.15, -0.1) is 0 Å². The molecule has 0 aliphatic heterocycles. The summed E-state index contributed by atoms with van der Waals surface area (Å²) in [5.41, 5.74) is 0. The van der Waals surface area contributed by atoms with Crippen molar-refractivity contribution in [3.05, 3.63) is 17.7 Å². The third-order valence-electron chi connectivity index (χ3n) is 3.06. The Morgan fingerprint density at radius 1 is 1.29 bits per heavy atom. The molecule has 0 radical (unpaired) electrons. The first kappa shape index (κ1) is 15.8. The van der Waals surface area contributed by atoms with Crippen LogP contribution in [0.1, 0.15) is 26.2 Å². The van der Waals surface area contributed by atoms with E-state index in [9.17, 15) is 22.0 Å². The lowest BCUT2D eigenvalue weighted by Crippen LogP contribution is -2.37. The van der Waals surface area contributed by atoms with Gasteiger partial charge in [-0.05, 0) is 19.3 Å². The Labute approximate surface area is 119 Å². The van der Waals surface area contributed by atoms with Crippen LogP contribution in [0.4, 0.5) is 33.6 Å². The number of hydrogen-bond donors (Lipinski definition) is 1. The zero-order chi connectivity index (χ0) is 15.6. The van der Waals surface area contributed by atoms with Gasteiger partial charge in [-0.1, -0.05) is 6.92 Å². The van der Waals surface area contributed by atoms with Gasteiger partial charge in [-0.25, -0.2) is 13.8 Å². The standard InChI is InChI=1S/C13H16F5N3/c1-2-5-19-11-9(14)6-10(15)12(20-11)21(8-3-4-8)7-13(16,17)18/h6,8H,2-5,7H2,1H3,(H,19,20). The summed E-state index contributed by atoms with van der Waals surface area (Å²) in [4.78, 5) is 4.59. The highest BCUT2D eigenvalue weighted by atomic mass is 19.4. The molecule has 1 saturated carbocycles. The van der Waals surface area contributed by atoms with Gasteiger partial charge in [0.15, 0.2) is 23.3 Å². The maximum atomic E-state index is 13.8. The van der Waals surface area contributed by atoms with Crippen molar-refractivity contribution in [2.75, 3.05) is 23.3 Å². The molecule has 0 aromatic carbocycles. The summed E-state index contributed by atoms with van der Waals surface area (Å²) in [5.74, 6) is -2.66. The van der Waals surface area contributed by atoms with Crippen molar-refractivity contribution in [3.63, 3.8) is 0 Å². The van der Waals surface area contributed by atoms with Crippen LogP contribution in [0.2, 0.25) is 0 Å². The predicted molar refractivity (Wildman–Crippen MR) is 69.4 cm³/mol. The van der Waals surface area contributed by atoms with Crippen molar-refractivity contribution in [2.24, 2.45) is 0 Å². The molecular formula is C13H16F5N3. The molecule has 118 valence electrons. The lowest BCUT2D eigenvalue weighted by molar-refractivity contribution is -0.120. The van der Waals surface area contributed by atoms with Crippen LogP contribution < -0.4 is 10.2 Å². The number of hydrogen-bond acceptors (Lipinski definition) is 3. The Bertz CT molecular complexity index is 499. The fraction of sp³-hybridized carbons (Fsp3) is 0.615. The van der Waals surface area contributed by atoms with Crippen LogP contribution >= 0.6 is 0 Å². The number of halogens is 5. The minimum Gasteiger partial charge on any atom is -0.368 e. The highest BCUT2D eigenvalue weighted by molar-refractivity contribution is 5.51. The average Bonchev–Trinajstić information content (AvgIpc) is 3.18. The van der Waals surface area contributed by atoms with E-state index in [-0.39, 0.29) is 5.82 Å². The van der Waals surface area contributed by atoms with Gasteiger partial charge in [0, 0.05) is 18.7 Å². The highest BCUT2D eigenvalue weighted by Crippen LogP contribution is 2.35. The van der Waals surface area contributed by atoms with Gasteiger partial charge in [0.1, 0.15) is 6.54 Å². The summed E-state index contributed by atoms with van der Waals surface area (Å²) in [5, 5.41) is 2.65. The number of nitrogens with zero attached hydrogens (tertiary/aromatic N) is 2. The lowest BCUT2D eigenvalue weighted by atomic mass is 10.3. The molecule has 1 aliphatic rings. The van der Waals surface area contributed by atoms with Gasteiger partial charge < -0.3 is 10.2 Å². The smallest absolute Gasteiger partial charge is 0.368 e. The summed E-state index contributed by atoms with van der Waals surface area (Å²) >= 11 is 0. The molecule has 1 heterocycles. The lowest BCUT2D eigenvalue weighted by Gasteiger charge is -2.25. The number of nitrogens with one attached hydrogen (secondary N) is 1. The molecule has 1 fully saturated rings. The first-order valence-electron chi connectivity index (χ1n) is 6.75. The molecule has 0 atom stereocenters. The quantitative estimate of drug-likeness (QED) is 0.812. The van der Waals surface area contributed by atoms with E-state index in [1.807, 2.05) is 6.92 Å². The van der Waals surface area contributed by atoms with E-state index >= 15 is 0 Å². The molecule has 0 amide bonds. The Kier molecular flexibility index (Phi) is 4.53. The van der Waals surface area contributed by atoms with Crippen LogP contribution in [0.25, 0.3) is 0 Å². The second kappa shape index (κ2) is 6.03. The number of alkyl halides is 3. The minimum atomic E-state index is -4.47. The number of rotatable bonds is 6. The third-order valence-corrected chi connectivity index (χ3v) is 3.06. The summed E-state index contributed by atoms with van der Waals surface area (Å²) < 4.78 is 65.2. The Morgan fingerprint density at radius 3 is 2.48 bits per heavy atom. The summed E-state index contributed by atoms with van der Waals surface area (Å²) in [7, 11) is 0. The summed E-state index contributed by atoms with van der Waals surface area (Å²) in [6, 6.07) is 0.185. The molecule has 21 heavy (non-hydrogen) atoms. The third kappa shape index (κ3) is 4.18. The molecule has 0 unspecified atom stereocenters. The van der Waals surface area contributed by atoms with E-state index in [1.165, 1.54) is 0 Å². The van der Waals surface area contributed by atoms with Gasteiger partial charge in [0.05, 0.1) is 0 Å². The monoisotopic (exact) mass is 309 g/mol. The molecule has 1 aromatic rings. The average molecular weight is 309 g/mol. The Hall–Kier alpha value is -1.60. The Morgan fingerprint density at radius 2 is 1.95 bits per heavy atom. The maximum Gasteiger partial charge on any atom is 0.405 e. The molecule has 0 spiro atoms. The van der Waals surface area contributed by atoms with Crippen molar-refractivity contribution in [2.45, 2.75) is 38.4 Å². The molecule has 8 heteroatoms. The van der Waals surface area contributed by atoms with Crippen LogP contribution in [0.15, 0.2) is 6.07 Å². The van der Waals surface area contributed by atoms with Crippen molar-refractivity contribution in [1.29, 1.82) is 0 Å². The zero-order valence-corrected chi connectivity index (χ0v) is 11.5. The van der Waals surface area contributed by atoms with Gasteiger partial charge in [0.2, 0.25) is 0 Å². The van der Waals surface area contributed by atoms with Crippen molar-refractivity contribution < 1.29 is 22.0 Å². The Balaban J connectivity index is 2.30. The first-order valence-corrected chi connectivity index (χ1v) is 6.75. The second-order valence-corrected chi connectivity index (χ2v) is 5.03.